The van der Waals surface area contributed by atoms with Gasteiger partial charge >= 0.3 is 0 Å². The van der Waals surface area contributed by atoms with Crippen LogP contribution in [0.4, 0.5) is 0 Å². The first-order valence-electron chi connectivity index (χ1n) is 5.45. The van der Waals surface area contributed by atoms with Crippen molar-refractivity contribution in [1.82, 2.24) is 10.3 Å². The fourth-order valence-corrected chi connectivity index (χ4v) is 2.98. The number of amides is 1. The minimum Gasteiger partial charge on any atom is -0.299 e. The number of carbonyl (C=O) groups is 1. The van der Waals surface area contributed by atoms with E-state index in [1.54, 1.807) is 11.3 Å². The maximum absolute atomic E-state index is 11.0. The average molecular weight is 320 g/mol. The van der Waals surface area contributed by atoms with Crippen molar-refractivity contribution in [2.24, 2.45) is 5.84 Å². The van der Waals surface area contributed by atoms with Crippen LogP contribution in [0.15, 0.2) is 15.9 Å². The third-order valence-corrected chi connectivity index (χ3v) is 4.41. The fraction of sp³-hybridized carbons (Fsp3) is 0.545. The molecule has 0 aromatic carbocycles. The molecule has 1 aromatic heterocycles. The lowest BCUT2D eigenvalue weighted by atomic mass is 10.1. The van der Waals surface area contributed by atoms with Gasteiger partial charge in [-0.05, 0) is 42.4 Å². The second-order valence-electron chi connectivity index (χ2n) is 4.10. The van der Waals surface area contributed by atoms with Crippen LogP contribution < -0.4 is 11.3 Å². The minimum atomic E-state index is -0.107. The van der Waals surface area contributed by atoms with Gasteiger partial charge in [0, 0.05) is 33.7 Å². The lowest BCUT2D eigenvalue weighted by Gasteiger charge is -2.23. The molecule has 1 unspecified atom stereocenters. The van der Waals surface area contributed by atoms with E-state index in [0.29, 0.717) is 12.5 Å². The summed E-state index contributed by atoms with van der Waals surface area (Å²) in [6.45, 7) is 3.02. The molecule has 3 N–H and O–H groups in total. The highest BCUT2D eigenvalue weighted by Crippen LogP contribution is 2.21. The van der Waals surface area contributed by atoms with Gasteiger partial charge in [-0.2, -0.15) is 0 Å². The molecule has 1 atom stereocenters. The van der Waals surface area contributed by atoms with E-state index in [4.69, 9.17) is 5.84 Å². The van der Waals surface area contributed by atoms with Gasteiger partial charge in [0.1, 0.15) is 0 Å². The number of nitrogens with two attached hydrogens (primary N) is 1. The summed E-state index contributed by atoms with van der Waals surface area (Å²) in [5.74, 6) is 4.94. The standard InChI is InChI=1S/C11H18BrN3OS/c1-8(3-4-11(16)14-13)15(2)6-10-5-9(12)7-17-10/h5,7-8H,3-4,6,13H2,1-2H3,(H,14,16). The van der Waals surface area contributed by atoms with Crippen LogP contribution in [-0.2, 0) is 11.3 Å². The summed E-state index contributed by atoms with van der Waals surface area (Å²) in [6, 6.07) is 2.48. The number of rotatable bonds is 6. The Labute approximate surface area is 114 Å². The van der Waals surface area contributed by atoms with Crippen LogP contribution in [-0.4, -0.2) is 23.9 Å². The molecular weight excluding hydrogens is 302 g/mol. The summed E-state index contributed by atoms with van der Waals surface area (Å²) in [4.78, 5) is 14.6. The molecule has 0 radical (unpaired) electrons. The summed E-state index contributed by atoms with van der Waals surface area (Å²) in [6.07, 6.45) is 1.28. The second-order valence-corrected chi connectivity index (χ2v) is 6.01. The van der Waals surface area contributed by atoms with E-state index in [-0.39, 0.29) is 5.91 Å². The van der Waals surface area contributed by atoms with Crippen LogP contribution in [0, 0.1) is 0 Å². The van der Waals surface area contributed by atoms with Crippen molar-refractivity contribution in [3.05, 3.63) is 20.8 Å². The van der Waals surface area contributed by atoms with Crippen LogP contribution in [0.2, 0.25) is 0 Å². The summed E-state index contributed by atoms with van der Waals surface area (Å²) in [5, 5.41) is 2.08. The number of nitrogens with zero attached hydrogens (tertiary/aromatic N) is 1. The molecule has 0 saturated heterocycles. The van der Waals surface area contributed by atoms with Gasteiger partial charge in [0.05, 0.1) is 0 Å². The zero-order valence-electron chi connectivity index (χ0n) is 10.1. The first-order valence-corrected chi connectivity index (χ1v) is 7.12. The van der Waals surface area contributed by atoms with E-state index in [1.807, 2.05) is 0 Å². The maximum atomic E-state index is 11.0. The number of nitrogens with one attached hydrogen (secondary N) is 1. The lowest BCUT2D eigenvalue weighted by Crippen LogP contribution is -2.33. The molecule has 6 heteroatoms. The van der Waals surface area contributed by atoms with Crippen LogP contribution in [0.25, 0.3) is 0 Å². The maximum Gasteiger partial charge on any atom is 0.233 e. The molecule has 96 valence electrons. The van der Waals surface area contributed by atoms with E-state index < -0.39 is 0 Å². The van der Waals surface area contributed by atoms with Gasteiger partial charge in [0.25, 0.3) is 0 Å². The predicted octanol–water partition coefficient (Wildman–Crippen LogP) is 2.10. The highest BCUT2D eigenvalue weighted by molar-refractivity contribution is 9.10. The van der Waals surface area contributed by atoms with Crippen molar-refractivity contribution in [3.63, 3.8) is 0 Å². The Morgan fingerprint density at radius 3 is 2.94 bits per heavy atom. The van der Waals surface area contributed by atoms with Crippen molar-refractivity contribution in [3.8, 4) is 0 Å². The van der Waals surface area contributed by atoms with E-state index in [0.717, 1.165) is 17.4 Å². The SMILES string of the molecule is CC(CCC(=O)NN)N(C)Cc1cc(Br)cs1. The summed E-state index contributed by atoms with van der Waals surface area (Å²) < 4.78 is 1.13. The van der Waals surface area contributed by atoms with Crippen molar-refractivity contribution in [2.75, 3.05) is 7.05 Å². The number of thiophene rings is 1. The normalized spacial score (nSPS) is 12.8. The minimum absolute atomic E-state index is 0.107. The smallest absolute Gasteiger partial charge is 0.233 e. The molecule has 1 heterocycles. The quantitative estimate of drug-likeness (QED) is 0.479. The molecular formula is C11H18BrN3OS. The largest absolute Gasteiger partial charge is 0.299 e. The van der Waals surface area contributed by atoms with E-state index in [1.165, 1.54) is 4.88 Å². The Morgan fingerprint density at radius 2 is 2.41 bits per heavy atom. The van der Waals surface area contributed by atoms with Crippen LogP contribution in [0.3, 0.4) is 0 Å². The molecule has 4 nitrogen and oxygen atoms in total. The third-order valence-electron chi connectivity index (χ3n) is 2.73. The zero-order valence-corrected chi connectivity index (χ0v) is 12.5. The number of hydrogen-bond acceptors (Lipinski definition) is 4. The molecule has 0 aliphatic heterocycles. The van der Waals surface area contributed by atoms with Crippen LogP contribution in [0.1, 0.15) is 24.6 Å². The highest BCUT2D eigenvalue weighted by Gasteiger charge is 2.12. The van der Waals surface area contributed by atoms with Crippen LogP contribution in [0.5, 0.6) is 0 Å². The molecule has 1 amide bonds. The van der Waals surface area contributed by atoms with Gasteiger partial charge in [-0.1, -0.05) is 0 Å². The van der Waals surface area contributed by atoms with Gasteiger partial charge in [-0.25, -0.2) is 5.84 Å². The van der Waals surface area contributed by atoms with Gasteiger partial charge in [0.2, 0.25) is 5.91 Å². The van der Waals surface area contributed by atoms with E-state index >= 15 is 0 Å². The zero-order chi connectivity index (χ0) is 12.8. The van der Waals surface area contributed by atoms with Gasteiger partial charge in [-0.3, -0.25) is 15.1 Å². The molecule has 0 spiro atoms. The van der Waals surface area contributed by atoms with Crippen molar-refractivity contribution in [2.45, 2.75) is 32.4 Å². The molecule has 0 saturated carbocycles. The first kappa shape index (κ1) is 14.6. The molecule has 0 fully saturated rings. The number of halogens is 1. The molecule has 0 aliphatic rings. The van der Waals surface area contributed by atoms with Crippen molar-refractivity contribution >= 4 is 33.2 Å². The Kier molecular flexibility index (Phi) is 6.11. The molecule has 17 heavy (non-hydrogen) atoms. The second kappa shape index (κ2) is 7.10. The Bertz CT molecular complexity index is 369. The Morgan fingerprint density at radius 1 is 1.71 bits per heavy atom. The third kappa shape index (κ3) is 5.16. The van der Waals surface area contributed by atoms with Gasteiger partial charge in [0.15, 0.2) is 0 Å². The van der Waals surface area contributed by atoms with Crippen molar-refractivity contribution < 1.29 is 4.79 Å². The van der Waals surface area contributed by atoms with Gasteiger partial charge < -0.3 is 0 Å². The first-order chi connectivity index (χ1) is 8.02. The van der Waals surface area contributed by atoms with Crippen LogP contribution >= 0.6 is 27.3 Å². The Hall–Kier alpha value is -0.430. The molecule has 0 aliphatic carbocycles. The number of carbonyl (C=O) groups excluding carboxylic acids is 1. The monoisotopic (exact) mass is 319 g/mol. The number of hydrazine groups is 1. The fourth-order valence-electron chi connectivity index (χ4n) is 1.47. The summed E-state index contributed by atoms with van der Waals surface area (Å²) >= 11 is 5.18. The highest BCUT2D eigenvalue weighted by atomic mass is 79.9. The number of hydrogen-bond donors (Lipinski definition) is 2. The molecule has 0 bridgehead atoms. The van der Waals surface area contributed by atoms with Crippen molar-refractivity contribution in [1.29, 1.82) is 0 Å². The lowest BCUT2D eigenvalue weighted by molar-refractivity contribution is -0.121. The van der Waals surface area contributed by atoms with E-state index in [2.05, 4.69) is 51.7 Å². The Balaban J connectivity index is 2.36. The summed E-state index contributed by atoms with van der Waals surface area (Å²) in [5.41, 5.74) is 2.15. The summed E-state index contributed by atoms with van der Waals surface area (Å²) in [7, 11) is 2.07. The predicted molar refractivity (Wildman–Crippen MR) is 74.5 cm³/mol. The topological polar surface area (TPSA) is 58.4 Å². The van der Waals surface area contributed by atoms with E-state index in [9.17, 15) is 4.79 Å². The average Bonchev–Trinajstić information content (AvgIpc) is 2.70. The molecule has 1 rings (SSSR count). The van der Waals surface area contributed by atoms with Gasteiger partial charge in [-0.15, -0.1) is 11.3 Å². The molecule has 1 aromatic rings.